The fraction of sp³-hybridized carbons (Fsp3) is 0.700. The average molecular weight is 167 g/mol. The molecule has 1 aliphatic heterocycles. The van der Waals surface area contributed by atoms with Gasteiger partial charge in [0, 0.05) is 24.6 Å². The molecule has 0 bridgehead atoms. The molecule has 1 saturated heterocycles. The standard InChI is InChI=1S/C10H17NO/c1-6(2)9-7(3)8(4)10(12)11(9)5/h7-8H,1-5H3. The van der Waals surface area contributed by atoms with Crippen molar-refractivity contribution in [3.63, 3.8) is 0 Å². The minimum atomic E-state index is 0.153. The zero-order valence-electron chi connectivity index (χ0n) is 8.51. The fourth-order valence-corrected chi connectivity index (χ4v) is 1.97. The molecule has 2 atom stereocenters. The molecule has 0 N–H and O–H groups in total. The third-order valence-corrected chi connectivity index (χ3v) is 2.78. The van der Waals surface area contributed by atoms with E-state index in [2.05, 4.69) is 20.8 Å². The van der Waals surface area contributed by atoms with Crippen molar-refractivity contribution in [2.75, 3.05) is 7.05 Å². The lowest BCUT2D eigenvalue weighted by atomic mass is 9.95. The molecule has 0 spiro atoms. The third kappa shape index (κ3) is 1.15. The molecule has 0 aromatic carbocycles. The average Bonchev–Trinajstić information content (AvgIpc) is 2.16. The largest absolute Gasteiger partial charge is 0.319 e. The van der Waals surface area contributed by atoms with Crippen LogP contribution >= 0.6 is 0 Å². The molecule has 0 aromatic heterocycles. The topological polar surface area (TPSA) is 20.3 Å². The summed E-state index contributed by atoms with van der Waals surface area (Å²) >= 11 is 0. The van der Waals surface area contributed by atoms with Gasteiger partial charge in [-0.3, -0.25) is 4.79 Å². The summed E-state index contributed by atoms with van der Waals surface area (Å²) in [5.41, 5.74) is 2.45. The quantitative estimate of drug-likeness (QED) is 0.540. The van der Waals surface area contributed by atoms with Gasteiger partial charge in [-0.25, -0.2) is 0 Å². The van der Waals surface area contributed by atoms with Gasteiger partial charge >= 0.3 is 0 Å². The van der Waals surface area contributed by atoms with Gasteiger partial charge in [-0.15, -0.1) is 0 Å². The Hall–Kier alpha value is -0.790. The molecule has 0 aromatic rings. The minimum Gasteiger partial charge on any atom is -0.319 e. The van der Waals surface area contributed by atoms with Crippen molar-refractivity contribution in [2.24, 2.45) is 11.8 Å². The Bertz CT molecular complexity index is 238. The highest BCUT2D eigenvalue weighted by molar-refractivity contribution is 5.84. The number of carbonyl (C=O) groups excluding carboxylic acids is 1. The van der Waals surface area contributed by atoms with E-state index in [1.54, 1.807) is 4.90 Å². The molecule has 0 saturated carbocycles. The number of carbonyl (C=O) groups is 1. The van der Waals surface area contributed by atoms with Gasteiger partial charge in [0.15, 0.2) is 0 Å². The van der Waals surface area contributed by atoms with E-state index < -0.39 is 0 Å². The van der Waals surface area contributed by atoms with E-state index in [0.717, 1.165) is 0 Å². The zero-order chi connectivity index (χ0) is 9.46. The second-order valence-electron chi connectivity index (χ2n) is 3.86. The van der Waals surface area contributed by atoms with Crippen molar-refractivity contribution in [1.29, 1.82) is 0 Å². The number of hydrogen-bond acceptors (Lipinski definition) is 1. The van der Waals surface area contributed by atoms with E-state index in [1.807, 2.05) is 14.0 Å². The lowest BCUT2D eigenvalue weighted by Gasteiger charge is -2.15. The fourth-order valence-electron chi connectivity index (χ4n) is 1.97. The minimum absolute atomic E-state index is 0.153. The summed E-state index contributed by atoms with van der Waals surface area (Å²) < 4.78 is 0. The number of nitrogens with zero attached hydrogens (tertiary/aromatic N) is 1. The van der Waals surface area contributed by atoms with Gasteiger partial charge in [-0.05, 0) is 13.8 Å². The first-order chi connectivity index (χ1) is 5.46. The predicted octanol–water partition coefficient (Wildman–Crippen LogP) is 2.02. The smallest absolute Gasteiger partial charge is 0.229 e. The summed E-state index contributed by atoms with van der Waals surface area (Å²) in [6.45, 7) is 8.25. The first-order valence-corrected chi connectivity index (χ1v) is 4.41. The summed E-state index contributed by atoms with van der Waals surface area (Å²) in [6.07, 6.45) is 0. The first kappa shape index (κ1) is 9.30. The molecule has 2 heteroatoms. The summed E-state index contributed by atoms with van der Waals surface area (Å²) in [6, 6.07) is 0. The van der Waals surface area contributed by atoms with Gasteiger partial charge < -0.3 is 4.90 Å². The zero-order valence-corrected chi connectivity index (χ0v) is 8.51. The molecule has 2 unspecified atom stereocenters. The molecule has 12 heavy (non-hydrogen) atoms. The Morgan fingerprint density at radius 2 is 1.75 bits per heavy atom. The van der Waals surface area contributed by atoms with Crippen molar-refractivity contribution in [1.82, 2.24) is 4.90 Å². The van der Waals surface area contributed by atoms with Crippen LogP contribution < -0.4 is 0 Å². The Morgan fingerprint density at radius 1 is 1.25 bits per heavy atom. The second-order valence-corrected chi connectivity index (χ2v) is 3.86. The number of likely N-dealkylation sites (tertiary alicyclic amines) is 1. The second kappa shape index (κ2) is 2.92. The van der Waals surface area contributed by atoms with E-state index in [1.165, 1.54) is 11.3 Å². The highest BCUT2D eigenvalue weighted by Gasteiger charge is 2.36. The van der Waals surface area contributed by atoms with E-state index >= 15 is 0 Å². The lowest BCUT2D eigenvalue weighted by Crippen LogP contribution is -2.20. The van der Waals surface area contributed by atoms with Crippen molar-refractivity contribution < 1.29 is 4.79 Å². The number of rotatable bonds is 0. The number of hydrogen-bond donors (Lipinski definition) is 0. The maximum Gasteiger partial charge on any atom is 0.229 e. The maximum atomic E-state index is 11.5. The molecule has 0 aliphatic carbocycles. The van der Waals surface area contributed by atoms with Crippen LogP contribution in [0, 0.1) is 11.8 Å². The highest BCUT2D eigenvalue weighted by atomic mass is 16.2. The van der Waals surface area contributed by atoms with Crippen molar-refractivity contribution >= 4 is 5.91 Å². The van der Waals surface area contributed by atoms with Gasteiger partial charge in [0.05, 0.1) is 0 Å². The molecular weight excluding hydrogens is 150 g/mol. The highest BCUT2D eigenvalue weighted by Crippen LogP contribution is 2.34. The summed E-state index contributed by atoms with van der Waals surface area (Å²) in [7, 11) is 1.87. The van der Waals surface area contributed by atoms with Gasteiger partial charge in [-0.1, -0.05) is 19.4 Å². The molecule has 1 rings (SSSR count). The van der Waals surface area contributed by atoms with Crippen LogP contribution in [0.25, 0.3) is 0 Å². The maximum absolute atomic E-state index is 11.5. The van der Waals surface area contributed by atoms with E-state index in [9.17, 15) is 4.79 Å². The van der Waals surface area contributed by atoms with Gasteiger partial charge in [0.2, 0.25) is 5.91 Å². The Labute approximate surface area is 74.2 Å². The van der Waals surface area contributed by atoms with Crippen LogP contribution in [-0.4, -0.2) is 17.9 Å². The summed E-state index contributed by atoms with van der Waals surface area (Å²) in [4.78, 5) is 13.3. The molecule has 0 radical (unpaired) electrons. The Balaban J connectivity index is 3.08. The molecule has 1 heterocycles. The van der Waals surface area contributed by atoms with Crippen molar-refractivity contribution in [2.45, 2.75) is 27.7 Å². The summed E-state index contributed by atoms with van der Waals surface area (Å²) in [5, 5.41) is 0. The van der Waals surface area contributed by atoms with Crippen LogP contribution in [0.1, 0.15) is 27.7 Å². The van der Waals surface area contributed by atoms with Crippen LogP contribution in [0.2, 0.25) is 0 Å². The molecule has 2 nitrogen and oxygen atoms in total. The Morgan fingerprint density at radius 3 is 1.92 bits per heavy atom. The Kier molecular flexibility index (Phi) is 2.27. The van der Waals surface area contributed by atoms with Crippen molar-refractivity contribution in [3.05, 3.63) is 11.3 Å². The van der Waals surface area contributed by atoms with E-state index in [-0.39, 0.29) is 11.8 Å². The van der Waals surface area contributed by atoms with Crippen molar-refractivity contribution in [3.8, 4) is 0 Å². The van der Waals surface area contributed by atoms with Crippen LogP contribution in [0.15, 0.2) is 11.3 Å². The van der Waals surface area contributed by atoms with Gasteiger partial charge in [-0.2, -0.15) is 0 Å². The molecule has 1 amide bonds. The monoisotopic (exact) mass is 167 g/mol. The predicted molar refractivity (Wildman–Crippen MR) is 49.5 cm³/mol. The van der Waals surface area contributed by atoms with Crippen LogP contribution in [-0.2, 0) is 4.79 Å². The SMILES string of the molecule is CC(C)=C1C(C)C(C)C(=O)N1C. The normalized spacial score (nSPS) is 29.9. The van der Waals surface area contributed by atoms with E-state index in [0.29, 0.717) is 5.92 Å². The first-order valence-electron chi connectivity index (χ1n) is 4.41. The van der Waals surface area contributed by atoms with Gasteiger partial charge in [0.1, 0.15) is 0 Å². The van der Waals surface area contributed by atoms with Crippen LogP contribution in [0.4, 0.5) is 0 Å². The summed E-state index contributed by atoms with van der Waals surface area (Å²) in [5.74, 6) is 0.783. The molecule has 1 aliphatic rings. The third-order valence-electron chi connectivity index (χ3n) is 2.78. The van der Waals surface area contributed by atoms with Crippen LogP contribution in [0.5, 0.6) is 0 Å². The van der Waals surface area contributed by atoms with Gasteiger partial charge in [0.25, 0.3) is 0 Å². The lowest BCUT2D eigenvalue weighted by molar-refractivity contribution is -0.128. The molecular formula is C10H17NO. The number of allylic oxidation sites excluding steroid dienone is 2. The van der Waals surface area contributed by atoms with E-state index in [4.69, 9.17) is 0 Å². The number of amides is 1. The molecule has 68 valence electrons. The van der Waals surface area contributed by atoms with Crippen LogP contribution in [0.3, 0.4) is 0 Å². The molecule has 1 fully saturated rings.